The lowest BCUT2D eigenvalue weighted by atomic mass is 9.92. The Labute approximate surface area is 259 Å². The zero-order chi connectivity index (χ0) is 31.2. The fourth-order valence-electron chi connectivity index (χ4n) is 6.60. The summed E-state index contributed by atoms with van der Waals surface area (Å²) in [7, 11) is 0. The topological polar surface area (TPSA) is 87.6 Å². The van der Waals surface area contributed by atoms with Crippen LogP contribution in [0.5, 0.6) is 5.75 Å². The number of carboxylic acid groups (broad SMARTS) is 1. The van der Waals surface area contributed by atoms with Crippen molar-refractivity contribution in [2.75, 3.05) is 45.8 Å². The first kappa shape index (κ1) is 31.6. The summed E-state index contributed by atoms with van der Waals surface area (Å²) in [5.74, 6) is -0.811. The maximum absolute atomic E-state index is 13.9. The first-order valence-electron chi connectivity index (χ1n) is 15.5. The molecule has 3 atom stereocenters. The van der Waals surface area contributed by atoms with Crippen molar-refractivity contribution in [1.82, 2.24) is 19.6 Å². The predicted molar refractivity (Wildman–Crippen MR) is 168 cm³/mol. The number of benzene rings is 3. The van der Waals surface area contributed by atoms with Crippen LogP contribution in [0.3, 0.4) is 0 Å². The van der Waals surface area contributed by atoms with Crippen LogP contribution in [0.25, 0.3) is 0 Å². The van der Waals surface area contributed by atoms with Crippen LogP contribution in [0.1, 0.15) is 59.8 Å². The summed E-state index contributed by atoms with van der Waals surface area (Å²) in [6, 6.07) is 22.2. The van der Waals surface area contributed by atoms with Crippen molar-refractivity contribution in [3.05, 3.63) is 101 Å². The molecule has 0 saturated carbocycles. The third-order valence-corrected chi connectivity index (χ3v) is 8.93. The van der Waals surface area contributed by atoms with E-state index in [2.05, 4.69) is 34.6 Å². The molecule has 44 heavy (non-hydrogen) atoms. The largest absolute Gasteiger partial charge is 0.508 e. The lowest BCUT2D eigenvalue weighted by molar-refractivity contribution is -0.137. The third-order valence-electron chi connectivity index (χ3n) is 8.93. The minimum Gasteiger partial charge on any atom is -0.508 e. The van der Waals surface area contributed by atoms with E-state index in [4.69, 9.17) is 5.11 Å². The van der Waals surface area contributed by atoms with Crippen LogP contribution in [-0.4, -0.2) is 99.6 Å². The number of carboxylic acids is 1. The van der Waals surface area contributed by atoms with E-state index in [1.54, 1.807) is 24.3 Å². The van der Waals surface area contributed by atoms with E-state index in [0.717, 1.165) is 49.4 Å². The Balaban J connectivity index is 1.33. The molecule has 0 spiro atoms. The molecular formula is C35H43FN4O4. The maximum Gasteiger partial charge on any atom is 0.303 e. The lowest BCUT2D eigenvalue weighted by Gasteiger charge is -2.47. The molecule has 234 valence electrons. The van der Waals surface area contributed by atoms with Gasteiger partial charge in [-0.15, -0.1) is 0 Å². The summed E-state index contributed by atoms with van der Waals surface area (Å²) >= 11 is 0. The average Bonchev–Trinajstić information content (AvgIpc) is 3.00. The van der Waals surface area contributed by atoms with Crippen molar-refractivity contribution in [1.29, 1.82) is 0 Å². The van der Waals surface area contributed by atoms with Gasteiger partial charge in [-0.3, -0.25) is 24.3 Å². The van der Waals surface area contributed by atoms with Crippen LogP contribution in [-0.2, 0) is 11.3 Å². The Bertz CT molecular complexity index is 1440. The highest BCUT2D eigenvalue weighted by Gasteiger charge is 2.35. The molecule has 0 aliphatic carbocycles. The first-order chi connectivity index (χ1) is 21.2. The molecule has 2 saturated heterocycles. The SMILES string of the molecule is C[C@@H]1CN(C(c2cccc(O)c2)c2cccc(C(=O)N3CCN(CCCC(=O)O)CC3)c2)[C@@H](C)CN1Cc1cccc(F)c1. The van der Waals surface area contributed by atoms with Crippen molar-refractivity contribution in [3.8, 4) is 5.75 Å². The number of halogens is 1. The highest BCUT2D eigenvalue weighted by atomic mass is 19.1. The number of phenols is 1. The number of hydrogen-bond donors (Lipinski definition) is 2. The molecule has 5 rings (SSSR count). The molecule has 3 aromatic rings. The number of carbonyl (C=O) groups excluding carboxylic acids is 1. The second-order valence-corrected chi connectivity index (χ2v) is 12.2. The van der Waals surface area contributed by atoms with Crippen molar-refractivity contribution in [2.45, 2.75) is 51.4 Å². The van der Waals surface area contributed by atoms with Crippen molar-refractivity contribution in [3.63, 3.8) is 0 Å². The van der Waals surface area contributed by atoms with Gasteiger partial charge in [-0.1, -0.05) is 36.4 Å². The smallest absolute Gasteiger partial charge is 0.303 e. The van der Waals surface area contributed by atoms with E-state index in [1.807, 2.05) is 41.3 Å². The predicted octanol–water partition coefficient (Wildman–Crippen LogP) is 4.84. The van der Waals surface area contributed by atoms with Crippen LogP contribution in [0.15, 0.2) is 72.8 Å². The van der Waals surface area contributed by atoms with Crippen molar-refractivity contribution < 1.29 is 24.2 Å². The number of nitrogens with zero attached hydrogens (tertiary/aromatic N) is 4. The van der Waals surface area contributed by atoms with Crippen LogP contribution in [0.2, 0.25) is 0 Å². The van der Waals surface area contributed by atoms with Crippen LogP contribution < -0.4 is 0 Å². The Morgan fingerprint density at radius 2 is 1.59 bits per heavy atom. The van der Waals surface area contributed by atoms with Gasteiger partial charge in [0, 0.05) is 69.9 Å². The van der Waals surface area contributed by atoms with Gasteiger partial charge < -0.3 is 15.1 Å². The standard InChI is InChI=1S/C35H43FN4O4/c1-25-23-40(26(2)22-39(25)24-27-7-3-11-31(36)19-27)34(29-9-5-12-32(41)21-29)28-8-4-10-30(20-28)35(44)38-17-15-37(16-18-38)14-6-13-33(42)43/h3-5,7-12,19-21,25-26,34,41H,6,13-18,22-24H2,1-2H3,(H,42,43)/t25-,26+,34?/m1/s1. The molecule has 2 heterocycles. The second kappa shape index (κ2) is 14.3. The van der Waals surface area contributed by atoms with Crippen LogP contribution in [0.4, 0.5) is 4.39 Å². The quantitative estimate of drug-likeness (QED) is 0.344. The van der Waals surface area contributed by atoms with Gasteiger partial charge in [0.25, 0.3) is 5.91 Å². The van der Waals surface area contributed by atoms with Gasteiger partial charge >= 0.3 is 5.97 Å². The van der Waals surface area contributed by atoms with E-state index in [0.29, 0.717) is 31.6 Å². The number of aromatic hydroxyl groups is 1. The number of piperazine rings is 2. The fourth-order valence-corrected chi connectivity index (χ4v) is 6.60. The van der Waals surface area contributed by atoms with Crippen LogP contribution in [0, 0.1) is 5.82 Å². The van der Waals surface area contributed by atoms with Gasteiger partial charge in [0.15, 0.2) is 0 Å². The van der Waals surface area contributed by atoms with E-state index >= 15 is 0 Å². The summed E-state index contributed by atoms with van der Waals surface area (Å²) in [6.07, 6.45) is 0.767. The number of phenolic OH excluding ortho intramolecular Hbond substituents is 1. The molecule has 2 aliphatic heterocycles. The molecule has 0 radical (unpaired) electrons. The normalized spacial score (nSPS) is 20.8. The Morgan fingerprint density at radius 3 is 2.30 bits per heavy atom. The number of amides is 1. The molecule has 9 heteroatoms. The molecule has 0 aromatic heterocycles. The maximum atomic E-state index is 13.9. The van der Waals surface area contributed by atoms with Gasteiger partial charge in [0.05, 0.1) is 6.04 Å². The molecule has 8 nitrogen and oxygen atoms in total. The zero-order valence-corrected chi connectivity index (χ0v) is 25.6. The summed E-state index contributed by atoms with van der Waals surface area (Å²) in [6.45, 7) is 10.0. The number of aliphatic carboxylic acids is 1. The highest BCUT2D eigenvalue weighted by molar-refractivity contribution is 5.94. The average molecular weight is 603 g/mol. The summed E-state index contributed by atoms with van der Waals surface area (Å²) in [4.78, 5) is 33.4. The summed E-state index contributed by atoms with van der Waals surface area (Å²) < 4.78 is 13.9. The Morgan fingerprint density at radius 1 is 0.886 bits per heavy atom. The molecule has 1 unspecified atom stereocenters. The van der Waals surface area contributed by atoms with Gasteiger partial charge in [0.2, 0.25) is 0 Å². The molecule has 2 fully saturated rings. The molecule has 2 N–H and O–H groups in total. The van der Waals surface area contributed by atoms with Crippen molar-refractivity contribution >= 4 is 11.9 Å². The van der Waals surface area contributed by atoms with E-state index in [9.17, 15) is 19.1 Å². The molecular weight excluding hydrogens is 559 g/mol. The monoisotopic (exact) mass is 602 g/mol. The number of rotatable bonds is 10. The fraction of sp³-hybridized carbons (Fsp3) is 0.429. The number of hydrogen-bond acceptors (Lipinski definition) is 6. The molecule has 0 bridgehead atoms. The molecule has 2 aliphatic rings. The van der Waals surface area contributed by atoms with E-state index < -0.39 is 5.97 Å². The lowest BCUT2D eigenvalue weighted by Crippen LogP contribution is -2.56. The van der Waals surface area contributed by atoms with Crippen molar-refractivity contribution in [2.24, 2.45) is 0 Å². The Hall–Kier alpha value is -3.79. The van der Waals surface area contributed by atoms with E-state index in [-0.39, 0.29) is 42.0 Å². The Kier molecular flexibility index (Phi) is 10.3. The molecule has 1 amide bonds. The minimum atomic E-state index is -0.780. The summed E-state index contributed by atoms with van der Waals surface area (Å²) in [5, 5.41) is 19.3. The zero-order valence-electron chi connectivity index (χ0n) is 25.6. The first-order valence-corrected chi connectivity index (χ1v) is 15.5. The molecule has 3 aromatic carbocycles. The number of carbonyl (C=O) groups is 2. The minimum absolute atomic E-state index is 0.00646. The van der Waals surface area contributed by atoms with Gasteiger partial charge in [-0.2, -0.15) is 0 Å². The van der Waals surface area contributed by atoms with Gasteiger partial charge in [-0.25, -0.2) is 4.39 Å². The van der Waals surface area contributed by atoms with Gasteiger partial charge in [-0.05, 0) is 79.9 Å². The van der Waals surface area contributed by atoms with Crippen LogP contribution >= 0.6 is 0 Å². The second-order valence-electron chi connectivity index (χ2n) is 12.2. The third kappa shape index (κ3) is 7.83. The summed E-state index contributed by atoms with van der Waals surface area (Å²) in [5.41, 5.74) is 3.54. The van der Waals surface area contributed by atoms with E-state index in [1.165, 1.54) is 6.07 Å². The van der Waals surface area contributed by atoms with Gasteiger partial charge in [0.1, 0.15) is 11.6 Å². The highest BCUT2D eigenvalue weighted by Crippen LogP contribution is 2.35.